The second-order valence-electron chi connectivity index (χ2n) is 2.73. The van der Waals surface area contributed by atoms with Crippen LogP contribution in [-0.4, -0.2) is 24.8 Å². The maximum absolute atomic E-state index is 10.7. The highest BCUT2D eigenvalue weighted by Gasteiger charge is 2.05. The van der Waals surface area contributed by atoms with E-state index in [1.807, 2.05) is 0 Å². The predicted molar refractivity (Wildman–Crippen MR) is 57.2 cm³/mol. The van der Waals surface area contributed by atoms with Gasteiger partial charge >= 0.3 is 5.97 Å². The molecule has 0 amide bonds. The largest absolute Gasteiger partial charge is 0.478 e. The van der Waals surface area contributed by atoms with Crippen molar-refractivity contribution in [3.63, 3.8) is 0 Å². The van der Waals surface area contributed by atoms with Crippen molar-refractivity contribution < 1.29 is 14.6 Å². The quantitative estimate of drug-likeness (QED) is 0.782. The van der Waals surface area contributed by atoms with Gasteiger partial charge in [-0.2, -0.15) is 0 Å². The maximum Gasteiger partial charge on any atom is 0.335 e. The van der Waals surface area contributed by atoms with Gasteiger partial charge in [-0.1, -0.05) is 23.4 Å². The molecule has 1 aromatic rings. The van der Waals surface area contributed by atoms with Gasteiger partial charge in [-0.3, -0.25) is 0 Å². The Hall–Kier alpha value is -1.50. The summed E-state index contributed by atoms with van der Waals surface area (Å²) in [7, 11) is 1.53. The topological polar surface area (TPSA) is 46.5 Å². The number of methoxy groups -OCH3 is 1. The van der Waals surface area contributed by atoms with Gasteiger partial charge in [-0.15, -0.1) is 0 Å². The lowest BCUT2D eigenvalue weighted by Gasteiger charge is -1.98. The molecule has 0 atom stereocenters. The van der Waals surface area contributed by atoms with Gasteiger partial charge in [0.25, 0.3) is 0 Å². The van der Waals surface area contributed by atoms with E-state index in [2.05, 4.69) is 11.8 Å². The van der Waals surface area contributed by atoms with E-state index >= 15 is 0 Å². The van der Waals surface area contributed by atoms with Gasteiger partial charge in [0.2, 0.25) is 0 Å². The van der Waals surface area contributed by atoms with Gasteiger partial charge in [0.1, 0.15) is 6.61 Å². The Morgan fingerprint density at radius 2 is 2.33 bits per heavy atom. The molecule has 0 bridgehead atoms. The molecule has 0 unspecified atom stereocenters. The number of carboxylic acids is 1. The first-order chi connectivity index (χ1) is 7.15. The van der Waals surface area contributed by atoms with Crippen LogP contribution < -0.4 is 0 Å². The van der Waals surface area contributed by atoms with E-state index in [0.717, 1.165) is 0 Å². The summed E-state index contributed by atoms with van der Waals surface area (Å²) in [4.78, 5) is 10.7. The molecule has 1 rings (SSSR count). The first-order valence-electron chi connectivity index (χ1n) is 4.16. The number of carbonyl (C=O) groups is 1. The Bertz CT molecular complexity index is 429. The highest BCUT2D eigenvalue weighted by atomic mass is 35.5. The van der Waals surface area contributed by atoms with Gasteiger partial charge in [-0.05, 0) is 18.2 Å². The molecule has 0 saturated heterocycles. The molecule has 0 radical (unpaired) electrons. The molecule has 0 spiro atoms. The average molecular weight is 225 g/mol. The highest BCUT2D eigenvalue weighted by Crippen LogP contribution is 2.16. The highest BCUT2D eigenvalue weighted by molar-refractivity contribution is 6.31. The monoisotopic (exact) mass is 224 g/mol. The van der Waals surface area contributed by atoms with Crippen LogP contribution in [0.15, 0.2) is 18.2 Å². The summed E-state index contributed by atoms with van der Waals surface area (Å²) in [5.41, 5.74) is 0.662. The van der Waals surface area contributed by atoms with Gasteiger partial charge in [0.05, 0.1) is 10.6 Å². The average Bonchev–Trinajstić information content (AvgIpc) is 2.20. The summed E-state index contributed by atoms with van der Waals surface area (Å²) < 4.78 is 4.75. The SMILES string of the molecule is COCC#Cc1cc(C(=O)O)ccc1Cl. The molecule has 0 fully saturated rings. The van der Waals surface area contributed by atoms with Gasteiger partial charge in [-0.25, -0.2) is 4.79 Å². The van der Waals surface area contributed by atoms with Crippen molar-refractivity contribution in [1.82, 2.24) is 0 Å². The maximum atomic E-state index is 10.7. The van der Waals surface area contributed by atoms with Gasteiger partial charge < -0.3 is 9.84 Å². The summed E-state index contributed by atoms with van der Waals surface area (Å²) in [5, 5.41) is 9.19. The molecule has 78 valence electrons. The number of aromatic carboxylic acids is 1. The molecule has 0 aliphatic rings. The lowest BCUT2D eigenvalue weighted by molar-refractivity contribution is 0.0697. The van der Waals surface area contributed by atoms with Crippen molar-refractivity contribution in [1.29, 1.82) is 0 Å². The van der Waals surface area contributed by atoms with Crippen LogP contribution in [0.2, 0.25) is 5.02 Å². The van der Waals surface area contributed by atoms with E-state index in [1.54, 1.807) is 0 Å². The number of carboxylic acid groups (broad SMARTS) is 1. The van der Waals surface area contributed by atoms with Crippen LogP contribution in [0.1, 0.15) is 15.9 Å². The van der Waals surface area contributed by atoms with E-state index < -0.39 is 5.97 Å². The minimum absolute atomic E-state index is 0.168. The van der Waals surface area contributed by atoms with E-state index in [4.69, 9.17) is 21.4 Å². The van der Waals surface area contributed by atoms with Crippen LogP contribution in [0, 0.1) is 11.8 Å². The summed E-state index contributed by atoms with van der Waals surface area (Å²) in [5.74, 6) is 4.45. The number of hydrogen-bond acceptors (Lipinski definition) is 2. The molecule has 0 aliphatic carbocycles. The van der Waals surface area contributed by atoms with Crippen molar-refractivity contribution in [2.45, 2.75) is 0 Å². The minimum Gasteiger partial charge on any atom is -0.478 e. The lowest BCUT2D eigenvalue weighted by atomic mass is 10.1. The van der Waals surface area contributed by atoms with Crippen LogP contribution >= 0.6 is 11.6 Å². The molecular formula is C11H9ClO3. The molecule has 0 saturated carbocycles. The second kappa shape index (κ2) is 5.40. The second-order valence-corrected chi connectivity index (χ2v) is 3.14. The van der Waals surface area contributed by atoms with Crippen molar-refractivity contribution >= 4 is 17.6 Å². The van der Waals surface area contributed by atoms with Crippen molar-refractivity contribution in [3.05, 3.63) is 34.3 Å². The van der Waals surface area contributed by atoms with E-state index in [9.17, 15) is 4.79 Å². The van der Waals surface area contributed by atoms with Crippen LogP contribution in [0.5, 0.6) is 0 Å². The zero-order chi connectivity index (χ0) is 11.3. The van der Waals surface area contributed by atoms with Crippen LogP contribution in [0.3, 0.4) is 0 Å². The number of benzene rings is 1. The zero-order valence-corrected chi connectivity index (χ0v) is 8.84. The number of ether oxygens (including phenoxy) is 1. The predicted octanol–water partition coefficient (Wildman–Crippen LogP) is 2.04. The van der Waals surface area contributed by atoms with Gasteiger partial charge in [0, 0.05) is 12.7 Å². The Kier molecular flexibility index (Phi) is 4.17. The summed E-state index contributed by atoms with van der Waals surface area (Å²) in [6.45, 7) is 0.285. The molecule has 1 N–H and O–H groups in total. The summed E-state index contributed by atoms with van der Waals surface area (Å²) in [6, 6.07) is 4.39. The van der Waals surface area contributed by atoms with E-state index in [0.29, 0.717) is 10.6 Å². The Labute approximate surface area is 92.6 Å². The Morgan fingerprint density at radius 1 is 1.60 bits per heavy atom. The van der Waals surface area contributed by atoms with Crippen molar-refractivity contribution in [2.75, 3.05) is 13.7 Å². The van der Waals surface area contributed by atoms with E-state index in [-0.39, 0.29) is 12.2 Å². The fourth-order valence-electron chi connectivity index (χ4n) is 0.958. The van der Waals surface area contributed by atoms with E-state index in [1.165, 1.54) is 25.3 Å². The number of hydrogen-bond donors (Lipinski definition) is 1. The third kappa shape index (κ3) is 3.28. The first-order valence-corrected chi connectivity index (χ1v) is 4.53. The third-order valence-electron chi connectivity index (χ3n) is 1.65. The summed E-state index contributed by atoms with van der Waals surface area (Å²) in [6.07, 6.45) is 0. The molecule has 15 heavy (non-hydrogen) atoms. The van der Waals surface area contributed by atoms with Crippen molar-refractivity contribution in [3.8, 4) is 11.8 Å². The number of rotatable bonds is 2. The lowest BCUT2D eigenvalue weighted by Crippen LogP contribution is -1.96. The normalized spacial score (nSPS) is 9.20. The molecule has 0 aliphatic heterocycles. The molecule has 4 heteroatoms. The van der Waals surface area contributed by atoms with Crippen molar-refractivity contribution in [2.24, 2.45) is 0 Å². The summed E-state index contributed by atoms with van der Waals surface area (Å²) >= 11 is 5.84. The molecule has 3 nitrogen and oxygen atoms in total. The fraction of sp³-hybridized carbons (Fsp3) is 0.182. The smallest absolute Gasteiger partial charge is 0.335 e. The minimum atomic E-state index is -0.999. The standard InChI is InChI=1S/C11H9ClO3/c1-15-6-2-3-8-7-9(11(13)14)4-5-10(8)12/h4-5,7H,6H2,1H3,(H,13,14). The van der Waals surface area contributed by atoms with Crippen LogP contribution in [0.25, 0.3) is 0 Å². The third-order valence-corrected chi connectivity index (χ3v) is 1.98. The molecule has 0 heterocycles. The zero-order valence-electron chi connectivity index (χ0n) is 8.08. The van der Waals surface area contributed by atoms with Crippen LogP contribution in [0.4, 0.5) is 0 Å². The Balaban J connectivity index is 3.02. The number of halogens is 1. The molecular weight excluding hydrogens is 216 g/mol. The van der Waals surface area contributed by atoms with Crippen LogP contribution in [-0.2, 0) is 4.74 Å². The molecule has 0 aromatic heterocycles. The first kappa shape index (κ1) is 11.6. The molecule has 1 aromatic carbocycles. The van der Waals surface area contributed by atoms with Gasteiger partial charge in [0.15, 0.2) is 0 Å². The fourth-order valence-corrected chi connectivity index (χ4v) is 1.12. The Morgan fingerprint density at radius 3 is 2.93 bits per heavy atom.